The molecule has 1 aromatic carbocycles. The van der Waals surface area contributed by atoms with Gasteiger partial charge in [0.05, 0.1) is 22.4 Å². The largest absolute Gasteiger partial charge is 0.484 e. The summed E-state index contributed by atoms with van der Waals surface area (Å²) in [5.74, 6) is -5.22. The molecule has 0 radical (unpaired) electrons. The predicted octanol–water partition coefficient (Wildman–Crippen LogP) is 5.42. The molecule has 3 fully saturated rings. The van der Waals surface area contributed by atoms with Crippen LogP contribution in [0.1, 0.15) is 62.7 Å². The molecule has 5 heterocycles. The number of nitrogens with one attached hydrogen (secondary N) is 3. The van der Waals surface area contributed by atoms with Crippen molar-refractivity contribution in [2.24, 2.45) is 5.92 Å². The minimum Gasteiger partial charge on any atom is -0.484 e. The summed E-state index contributed by atoms with van der Waals surface area (Å²) in [6.07, 6.45) is -0.0465. The van der Waals surface area contributed by atoms with Gasteiger partial charge in [-0.2, -0.15) is 13.2 Å². The van der Waals surface area contributed by atoms with Gasteiger partial charge in [0.2, 0.25) is 21.8 Å². The summed E-state index contributed by atoms with van der Waals surface area (Å²) in [7, 11) is -3.99. The van der Waals surface area contributed by atoms with Crippen molar-refractivity contribution < 1.29 is 49.9 Å². The molecule has 302 valence electrons. The number of nitrogens with zero attached hydrogens (tertiary/aromatic N) is 2. The highest BCUT2D eigenvalue weighted by atomic mass is 32.2. The smallest absolute Gasteiger partial charge is 0.471 e. The highest BCUT2D eigenvalue weighted by Gasteiger charge is 2.62. The highest BCUT2D eigenvalue weighted by Crippen LogP contribution is 2.46. The molecule has 57 heavy (non-hydrogen) atoms. The fourth-order valence-corrected chi connectivity index (χ4v) is 9.90. The number of aromatic nitrogens is 1. The number of alkyl halides is 3. The van der Waals surface area contributed by atoms with E-state index >= 15 is 0 Å². The van der Waals surface area contributed by atoms with Gasteiger partial charge in [-0.25, -0.2) is 13.4 Å². The third-order valence-electron chi connectivity index (χ3n) is 11.0. The van der Waals surface area contributed by atoms with Gasteiger partial charge in [0.25, 0.3) is 5.91 Å². The second kappa shape index (κ2) is 14.8. The average Bonchev–Trinajstić information content (AvgIpc) is 4.00. The Kier molecular flexibility index (Phi) is 10.1. The van der Waals surface area contributed by atoms with E-state index in [9.17, 15) is 40.8 Å². The topological polar surface area (TPSA) is 177 Å². The van der Waals surface area contributed by atoms with Gasteiger partial charge in [-0.15, -0.1) is 11.3 Å². The fraction of sp³-hybridized carbons (Fsp3) is 0.462. The van der Waals surface area contributed by atoms with Crippen molar-refractivity contribution in [1.29, 1.82) is 0 Å². The van der Waals surface area contributed by atoms with Gasteiger partial charge in [-0.05, 0) is 69.7 Å². The van der Waals surface area contributed by atoms with Crippen molar-refractivity contribution in [3.8, 4) is 16.3 Å². The number of para-hydroxylation sites is 1. The number of furan rings is 1. The van der Waals surface area contributed by atoms with E-state index in [-0.39, 0.29) is 31.6 Å². The number of ether oxygens (including phenoxy) is 1. The molecule has 3 aromatic heterocycles. The van der Waals surface area contributed by atoms with Crippen LogP contribution in [0.5, 0.6) is 5.75 Å². The van der Waals surface area contributed by atoms with E-state index < -0.39 is 74.7 Å². The highest BCUT2D eigenvalue weighted by molar-refractivity contribution is 7.91. The number of hydrogen-bond donors (Lipinski definition) is 3. The molecule has 18 heteroatoms. The van der Waals surface area contributed by atoms with E-state index in [2.05, 4.69) is 10.0 Å². The SMILES string of the molecule is Cc1ccc(-c2cc(O[C@@H]3C[C@H]4C(=O)N[C@]5(C(=O)NS(=O)(=O)C6CC6)C[C@@H]5/C=C\CCCCC[C@H](NC(=O)C(F)(F)F)C(=O)N4C3)c3oc4ccccc4c3n2)s1. The molecule has 13 nitrogen and oxygen atoms in total. The van der Waals surface area contributed by atoms with Gasteiger partial charge in [0.1, 0.15) is 34.8 Å². The minimum atomic E-state index is -5.27. The second-order valence-electron chi connectivity index (χ2n) is 15.2. The Morgan fingerprint density at radius 3 is 2.61 bits per heavy atom. The number of aryl methyl sites for hydroxylation is 1. The first-order valence-electron chi connectivity index (χ1n) is 18.9. The number of rotatable bonds is 7. The van der Waals surface area contributed by atoms with Crippen LogP contribution < -0.4 is 20.1 Å². The Morgan fingerprint density at radius 1 is 1.09 bits per heavy atom. The molecular formula is C39H40F3N5O8S2. The molecule has 4 amide bonds. The van der Waals surface area contributed by atoms with Gasteiger partial charge >= 0.3 is 12.1 Å². The van der Waals surface area contributed by atoms with Crippen LogP contribution >= 0.6 is 11.3 Å². The second-order valence-corrected chi connectivity index (χ2v) is 18.5. The van der Waals surface area contributed by atoms with Crippen LogP contribution in [-0.2, 0) is 29.2 Å². The fourth-order valence-electron chi connectivity index (χ4n) is 7.71. The van der Waals surface area contributed by atoms with E-state index in [1.807, 2.05) is 48.6 Å². The maximum Gasteiger partial charge on any atom is 0.471 e. The molecule has 0 bridgehead atoms. The van der Waals surface area contributed by atoms with Crippen LogP contribution in [0.15, 0.2) is 59.0 Å². The number of halogens is 3. The van der Waals surface area contributed by atoms with Crippen molar-refractivity contribution in [1.82, 2.24) is 25.2 Å². The standard InChI is InChI=1S/C39H40F3N5O8S2/c1-21-13-16-31(56-21)27-18-30(33-32(43-27)25-10-7-8-12-29(25)55-33)54-23-17-28-34(48)45-38(36(50)46-57(52,53)24-14-15-24)19-22(38)9-5-3-2-4-6-11-26(35(49)47(28)20-23)44-37(51)39(40,41)42/h5,7-10,12-13,16,18,22-24,26,28H,2-4,6,11,14-15,17,19-20H2,1H3,(H,44,51)(H,45,48)(H,46,50)/b9-5-/t22-,23+,26-,28-,38+/m0/s1. The first-order chi connectivity index (χ1) is 27.1. The predicted molar refractivity (Wildman–Crippen MR) is 203 cm³/mol. The third-order valence-corrected chi connectivity index (χ3v) is 13.8. The van der Waals surface area contributed by atoms with E-state index in [1.165, 1.54) is 11.3 Å². The lowest BCUT2D eigenvalue weighted by Crippen LogP contribution is -2.58. The minimum absolute atomic E-state index is 0.0954. The number of thiophene rings is 1. The summed E-state index contributed by atoms with van der Waals surface area (Å²) in [6, 6.07) is 9.86. The van der Waals surface area contributed by atoms with Gasteiger partial charge < -0.3 is 24.7 Å². The summed E-state index contributed by atoms with van der Waals surface area (Å²) in [6.45, 7) is 1.69. The molecule has 2 saturated carbocycles. The summed E-state index contributed by atoms with van der Waals surface area (Å²) >= 11 is 1.52. The number of carbonyl (C=O) groups excluding carboxylic acids is 4. The molecule has 8 rings (SSSR count). The lowest BCUT2D eigenvalue weighted by atomic mass is 10.0. The molecular weight excluding hydrogens is 788 g/mol. The Bertz CT molecular complexity index is 2410. The van der Waals surface area contributed by atoms with E-state index in [0.29, 0.717) is 60.9 Å². The monoisotopic (exact) mass is 827 g/mol. The van der Waals surface area contributed by atoms with E-state index in [0.717, 1.165) is 20.0 Å². The molecule has 4 aliphatic rings. The van der Waals surface area contributed by atoms with Gasteiger partial charge in [-0.1, -0.05) is 37.1 Å². The number of carbonyl (C=O) groups is 4. The first-order valence-corrected chi connectivity index (χ1v) is 21.3. The van der Waals surface area contributed by atoms with Crippen LogP contribution in [0, 0.1) is 12.8 Å². The number of hydrogen-bond acceptors (Lipinski definition) is 10. The van der Waals surface area contributed by atoms with E-state index in [4.69, 9.17) is 14.1 Å². The normalized spacial score (nSPS) is 26.5. The summed E-state index contributed by atoms with van der Waals surface area (Å²) in [5, 5.41) is 4.62. The van der Waals surface area contributed by atoms with Gasteiger partial charge in [-0.3, -0.25) is 23.9 Å². The van der Waals surface area contributed by atoms with Crippen LogP contribution in [0.25, 0.3) is 32.6 Å². The molecule has 1 saturated heterocycles. The van der Waals surface area contributed by atoms with Crippen LogP contribution in [0.3, 0.4) is 0 Å². The number of sulfonamides is 1. The van der Waals surface area contributed by atoms with Crippen molar-refractivity contribution in [2.45, 2.75) is 99.9 Å². The number of pyridine rings is 1. The maximum atomic E-state index is 14.4. The Hall–Kier alpha value is -4.97. The van der Waals surface area contributed by atoms with Crippen molar-refractivity contribution in [3.05, 3.63) is 59.5 Å². The molecule has 0 unspecified atom stereocenters. The van der Waals surface area contributed by atoms with Crippen molar-refractivity contribution in [2.75, 3.05) is 6.54 Å². The van der Waals surface area contributed by atoms with E-state index in [1.54, 1.807) is 18.2 Å². The van der Waals surface area contributed by atoms with Crippen LogP contribution in [0.2, 0.25) is 0 Å². The molecule has 0 spiro atoms. The molecule has 5 atom stereocenters. The van der Waals surface area contributed by atoms with Gasteiger partial charge in [0.15, 0.2) is 11.3 Å². The lowest BCUT2D eigenvalue weighted by Gasteiger charge is -2.30. The molecule has 2 aliphatic heterocycles. The quantitative estimate of drug-likeness (QED) is 0.206. The number of benzene rings is 1. The maximum absolute atomic E-state index is 14.4. The summed E-state index contributed by atoms with van der Waals surface area (Å²) in [5.41, 5.74) is 0.306. The Morgan fingerprint density at radius 2 is 1.88 bits per heavy atom. The molecule has 4 aromatic rings. The zero-order chi connectivity index (χ0) is 40.3. The first kappa shape index (κ1) is 38.9. The van der Waals surface area contributed by atoms with Crippen molar-refractivity contribution in [3.63, 3.8) is 0 Å². The zero-order valence-electron chi connectivity index (χ0n) is 30.8. The van der Waals surface area contributed by atoms with Crippen LogP contribution in [0.4, 0.5) is 13.2 Å². The number of amides is 4. The average molecular weight is 828 g/mol. The third kappa shape index (κ3) is 7.85. The Balaban J connectivity index is 1.15. The summed E-state index contributed by atoms with van der Waals surface area (Å²) in [4.78, 5) is 62.5. The molecule has 2 aliphatic carbocycles. The molecule has 3 N–H and O–H groups in total. The number of allylic oxidation sites excluding steroid dienone is 1. The zero-order valence-corrected chi connectivity index (χ0v) is 32.4. The van der Waals surface area contributed by atoms with Crippen molar-refractivity contribution >= 4 is 67.1 Å². The van der Waals surface area contributed by atoms with Gasteiger partial charge in [0, 0.05) is 28.7 Å². The van der Waals surface area contributed by atoms with Crippen LogP contribution in [-0.4, -0.2) is 83.6 Å². The number of fused-ring (bicyclic) bond motifs is 5. The Labute approximate surface area is 329 Å². The summed E-state index contributed by atoms with van der Waals surface area (Å²) < 4.78 is 81.2. The lowest BCUT2D eigenvalue weighted by molar-refractivity contribution is -0.175.